The number of ether oxygens (including phenoxy) is 1. The number of rotatable bonds is 2. The average Bonchev–Trinajstić information content (AvgIpc) is 2.72. The van der Waals surface area contributed by atoms with Crippen molar-refractivity contribution in [3.05, 3.63) is 12.2 Å². The van der Waals surface area contributed by atoms with E-state index in [1.54, 1.807) is 0 Å². The van der Waals surface area contributed by atoms with Gasteiger partial charge in [0.25, 0.3) is 0 Å². The van der Waals surface area contributed by atoms with Gasteiger partial charge in [-0.2, -0.15) is 0 Å². The highest BCUT2D eigenvalue weighted by atomic mass is 16.5. The lowest BCUT2D eigenvalue weighted by Gasteiger charge is -2.28. The lowest BCUT2D eigenvalue weighted by Crippen LogP contribution is -2.51. The summed E-state index contributed by atoms with van der Waals surface area (Å²) in [7, 11) is 0. The van der Waals surface area contributed by atoms with Crippen LogP contribution < -0.4 is 10.6 Å². The van der Waals surface area contributed by atoms with Gasteiger partial charge in [0.15, 0.2) is 0 Å². The summed E-state index contributed by atoms with van der Waals surface area (Å²) in [5, 5.41) is 6.05. The van der Waals surface area contributed by atoms with E-state index in [4.69, 9.17) is 4.74 Å². The van der Waals surface area contributed by atoms with Crippen molar-refractivity contribution in [2.24, 2.45) is 0 Å². The first-order chi connectivity index (χ1) is 8.28. The van der Waals surface area contributed by atoms with Crippen molar-refractivity contribution in [3.63, 3.8) is 0 Å². The summed E-state index contributed by atoms with van der Waals surface area (Å²) in [5.74, 6) is 0. The van der Waals surface area contributed by atoms with Gasteiger partial charge < -0.3 is 15.4 Å². The van der Waals surface area contributed by atoms with Crippen LogP contribution in [0.5, 0.6) is 0 Å². The highest BCUT2D eigenvalue weighted by molar-refractivity contribution is 5.75. The summed E-state index contributed by atoms with van der Waals surface area (Å²) >= 11 is 0. The van der Waals surface area contributed by atoms with Gasteiger partial charge in [-0.15, -0.1) is 0 Å². The molecule has 0 saturated carbocycles. The Morgan fingerprint density at radius 2 is 1.78 bits per heavy atom. The van der Waals surface area contributed by atoms with Crippen molar-refractivity contribution in [2.75, 3.05) is 0 Å². The van der Waals surface area contributed by atoms with Crippen molar-refractivity contribution in [1.29, 1.82) is 0 Å². The summed E-state index contributed by atoms with van der Waals surface area (Å²) in [6.45, 7) is 8.19. The minimum Gasteiger partial charge on any atom is -0.367 e. The monoisotopic (exact) mass is 252 g/mol. The van der Waals surface area contributed by atoms with Crippen molar-refractivity contribution in [2.45, 2.75) is 70.2 Å². The molecule has 1 aliphatic heterocycles. The average molecular weight is 252 g/mol. The number of urea groups is 1. The predicted molar refractivity (Wildman–Crippen MR) is 71.5 cm³/mol. The number of nitrogens with one attached hydrogen (secondary N) is 2. The van der Waals surface area contributed by atoms with Crippen LogP contribution in [-0.2, 0) is 4.74 Å². The number of hydrogen-bond donors (Lipinski definition) is 2. The molecule has 0 bridgehead atoms. The molecule has 0 unspecified atom stereocenters. The van der Waals surface area contributed by atoms with E-state index in [2.05, 4.69) is 36.6 Å². The molecule has 2 N–H and O–H groups in total. The van der Waals surface area contributed by atoms with Crippen molar-refractivity contribution in [1.82, 2.24) is 10.6 Å². The molecule has 0 aromatic heterocycles. The molecular weight excluding hydrogens is 228 g/mol. The second-order valence-electron chi connectivity index (χ2n) is 6.48. The quantitative estimate of drug-likeness (QED) is 0.741. The summed E-state index contributed by atoms with van der Waals surface area (Å²) < 4.78 is 5.96. The standard InChI is InChI=1S/C14H24N2O2/c1-13(2)9-11(14(3,4)18-13)16-12(17)15-10-7-5-6-8-10/h5-6,10-11H,7-9H2,1-4H3,(H2,15,16,17)/t11-/m1/s1. The zero-order chi connectivity index (χ0) is 13.4. The molecule has 2 rings (SSSR count). The predicted octanol–water partition coefficient (Wildman–Crippen LogP) is 2.35. The molecule has 1 fully saturated rings. The SMILES string of the molecule is CC1(C)C[C@@H](NC(=O)NC2CC=CC2)C(C)(C)O1. The van der Waals surface area contributed by atoms with E-state index in [0.717, 1.165) is 19.3 Å². The van der Waals surface area contributed by atoms with Gasteiger partial charge in [0.2, 0.25) is 0 Å². The van der Waals surface area contributed by atoms with E-state index in [1.807, 2.05) is 13.8 Å². The Labute approximate surface area is 109 Å². The van der Waals surface area contributed by atoms with Gasteiger partial charge in [0.05, 0.1) is 17.2 Å². The molecule has 102 valence electrons. The van der Waals surface area contributed by atoms with Crippen molar-refractivity contribution in [3.8, 4) is 0 Å². The van der Waals surface area contributed by atoms with Crippen LogP contribution >= 0.6 is 0 Å². The van der Waals surface area contributed by atoms with E-state index in [0.29, 0.717) is 0 Å². The number of amides is 2. The first-order valence-corrected chi connectivity index (χ1v) is 6.71. The molecule has 1 heterocycles. The van der Waals surface area contributed by atoms with Crippen LogP contribution in [0.15, 0.2) is 12.2 Å². The Bertz CT molecular complexity index is 353. The lowest BCUT2D eigenvalue weighted by molar-refractivity contribution is -0.0690. The molecule has 1 atom stereocenters. The van der Waals surface area contributed by atoms with E-state index in [9.17, 15) is 4.79 Å². The molecule has 2 amide bonds. The fourth-order valence-corrected chi connectivity index (χ4v) is 2.91. The molecule has 0 radical (unpaired) electrons. The first kappa shape index (κ1) is 13.4. The van der Waals surface area contributed by atoms with Gasteiger partial charge in [0.1, 0.15) is 0 Å². The van der Waals surface area contributed by atoms with Crippen LogP contribution in [0.25, 0.3) is 0 Å². The van der Waals surface area contributed by atoms with Gasteiger partial charge in [-0.1, -0.05) is 12.2 Å². The van der Waals surface area contributed by atoms with Crippen LogP contribution in [0.2, 0.25) is 0 Å². The first-order valence-electron chi connectivity index (χ1n) is 6.71. The number of hydrogen-bond acceptors (Lipinski definition) is 2. The Kier molecular flexibility index (Phi) is 3.41. The van der Waals surface area contributed by atoms with E-state index in [1.165, 1.54) is 0 Å². The smallest absolute Gasteiger partial charge is 0.315 e. The second kappa shape index (κ2) is 4.57. The van der Waals surface area contributed by atoms with Crippen LogP contribution in [0.4, 0.5) is 4.79 Å². The lowest BCUT2D eigenvalue weighted by atomic mass is 9.95. The fourth-order valence-electron chi connectivity index (χ4n) is 2.91. The minimum atomic E-state index is -0.311. The molecule has 0 spiro atoms. The molecule has 4 nitrogen and oxygen atoms in total. The zero-order valence-corrected chi connectivity index (χ0v) is 11.7. The number of carbonyl (C=O) groups is 1. The maximum Gasteiger partial charge on any atom is 0.315 e. The highest BCUT2D eigenvalue weighted by Crippen LogP contribution is 2.37. The second-order valence-corrected chi connectivity index (χ2v) is 6.48. The van der Waals surface area contributed by atoms with E-state index in [-0.39, 0.29) is 29.3 Å². The van der Waals surface area contributed by atoms with E-state index < -0.39 is 0 Å². The normalized spacial score (nSPS) is 29.4. The van der Waals surface area contributed by atoms with Gasteiger partial charge in [-0.25, -0.2) is 4.79 Å². The van der Waals surface area contributed by atoms with Gasteiger partial charge >= 0.3 is 6.03 Å². The van der Waals surface area contributed by atoms with Crippen molar-refractivity contribution < 1.29 is 9.53 Å². The third-order valence-corrected chi connectivity index (χ3v) is 3.72. The highest BCUT2D eigenvalue weighted by Gasteiger charge is 2.46. The topological polar surface area (TPSA) is 50.4 Å². The van der Waals surface area contributed by atoms with E-state index >= 15 is 0 Å². The van der Waals surface area contributed by atoms with Gasteiger partial charge in [-0.3, -0.25) is 0 Å². The summed E-state index contributed by atoms with van der Waals surface area (Å²) in [5.41, 5.74) is -0.481. The molecule has 18 heavy (non-hydrogen) atoms. The van der Waals surface area contributed by atoms with Crippen LogP contribution in [0, 0.1) is 0 Å². The van der Waals surface area contributed by atoms with Gasteiger partial charge in [0, 0.05) is 6.04 Å². The minimum absolute atomic E-state index is 0.0573. The molecule has 4 heteroatoms. The maximum atomic E-state index is 11.9. The summed E-state index contributed by atoms with van der Waals surface area (Å²) in [6, 6.07) is 0.230. The third kappa shape index (κ3) is 3.05. The Morgan fingerprint density at radius 1 is 1.17 bits per heavy atom. The van der Waals surface area contributed by atoms with Crippen molar-refractivity contribution >= 4 is 6.03 Å². The van der Waals surface area contributed by atoms with Gasteiger partial charge in [-0.05, 0) is 47.0 Å². The Hall–Kier alpha value is -1.03. The fraction of sp³-hybridized carbons (Fsp3) is 0.786. The largest absolute Gasteiger partial charge is 0.367 e. The Balaban J connectivity index is 1.87. The molecule has 0 aromatic carbocycles. The summed E-state index contributed by atoms with van der Waals surface area (Å²) in [4.78, 5) is 11.9. The Morgan fingerprint density at radius 3 is 2.28 bits per heavy atom. The zero-order valence-electron chi connectivity index (χ0n) is 11.7. The van der Waals surface area contributed by atoms with Crippen LogP contribution in [-0.4, -0.2) is 29.3 Å². The number of carbonyl (C=O) groups excluding carboxylic acids is 1. The molecular formula is C14H24N2O2. The summed E-state index contributed by atoms with van der Waals surface area (Å²) in [6.07, 6.45) is 6.93. The molecule has 1 saturated heterocycles. The molecule has 1 aliphatic carbocycles. The third-order valence-electron chi connectivity index (χ3n) is 3.72. The molecule has 0 aromatic rings. The van der Waals surface area contributed by atoms with Crippen LogP contribution in [0.3, 0.4) is 0 Å². The molecule has 2 aliphatic rings. The van der Waals surface area contributed by atoms with Crippen LogP contribution in [0.1, 0.15) is 47.0 Å². The maximum absolute atomic E-state index is 11.9.